The van der Waals surface area contributed by atoms with Crippen LogP contribution in [0.15, 0.2) is 30.3 Å². The van der Waals surface area contributed by atoms with Gasteiger partial charge in [0.2, 0.25) is 0 Å². The van der Waals surface area contributed by atoms with E-state index in [2.05, 4.69) is 77.8 Å². The van der Waals surface area contributed by atoms with Gasteiger partial charge >= 0.3 is 0 Å². The highest BCUT2D eigenvalue weighted by Crippen LogP contribution is 2.36. The molecule has 1 N–H and O–H groups in total. The van der Waals surface area contributed by atoms with Crippen molar-refractivity contribution < 1.29 is 4.74 Å². The molecule has 2 aromatic heterocycles. The van der Waals surface area contributed by atoms with Crippen LogP contribution in [0, 0.1) is 20.8 Å². The van der Waals surface area contributed by atoms with Gasteiger partial charge in [0.15, 0.2) is 0 Å². The molecule has 0 amide bonds. The second-order valence-electron chi connectivity index (χ2n) is 11.2. The van der Waals surface area contributed by atoms with E-state index in [0.717, 1.165) is 78.2 Å². The van der Waals surface area contributed by atoms with E-state index >= 15 is 0 Å². The Morgan fingerprint density at radius 3 is 2.55 bits per heavy atom. The molecule has 7 heteroatoms. The quantitative estimate of drug-likeness (QED) is 0.352. The zero-order valence-electron chi connectivity index (χ0n) is 23.3. The van der Waals surface area contributed by atoms with Crippen LogP contribution in [0.2, 0.25) is 0 Å². The fraction of sp³-hybridized carbons (Fsp3) is 0.452. The fourth-order valence-electron chi connectivity index (χ4n) is 6.13. The van der Waals surface area contributed by atoms with Gasteiger partial charge in [-0.1, -0.05) is 19.9 Å². The van der Waals surface area contributed by atoms with E-state index in [9.17, 15) is 0 Å². The Morgan fingerprint density at radius 1 is 0.947 bits per heavy atom. The van der Waals surface area contributed by atoms with Gasteiger partial charge in [0.25, 0.3) is 0 Å². The first-order chi connectivity index (χ1) is 18.4. The van der Waals surface area contributed by atoms with Crippen molar-refractivity contribution in [1.82, 2.24) is 24.8 Å². The standard InChI is InChI=1S/C31H38N6O/c1-19(2)29-21(4)32-28(18-36-10-6-7-11-36)35-31(29)37-12-13-38-30-20(3)14-24(15-25(30)17-37)23-8-9-26-27(16-23)34-22(5)33-26/h8-9,14-16,19H,6-7,10-13,17-18H2,1-5H3,(H,33,34). The highest BCUT2D eigenvalue weighted by molar-refractivity contribution is 5.82. The lowest BCUT2D eigenvalue weighted by molar-refractivity contribution is 0.321. The monoisotopic (exact) mass is 510 g/mol. The highest BCUT2D eigenvalue weighted by atomic mass is 16.5. The second kappa shape index (κ2) is 10.0. The molecule has 2 aliphatic heterocycles. The zero-order chi connectivity index (χ0) is 26.4. The number of aryl methyl sites for hydroxylation is 3. The third-order valence-electron chi connectivity index (χ3n) is 7.86. The summed E-state index contributed by atoms with van der Waals surface area (Å²) in [4.78, 5) is 23.0. The van der Waals surface area contributed by atoms with Crippen LogP contribution in [0.4, 0.5) is 5.82 Å². The Bertz CT molecular complexity index is 1480. The highest BCUT2D eigenvalue weighted by Gasteiger charge is 2.25. The van der Waals surface area contributed by atoms with E-state index in [0.29, 0.717) is 12.5 Å². The number of imidazole rings is 1. The number of benzene rings is 2. The van der Waals surface area contributed by atoms with Crippen LogP contribution in [0.25, 0.3) is 22.2 Å². The maximum atomic E-state index is 6.35. The van der Waals surface area contributed by atoms with E-state index < -0.39 is 0 Å². The van der Waals surface area contributed by atoms with Gasteiger partial charge in [-0.3, -0.25) is 4.90 Å². The molecule has 1 saturated heterocycles. The minimum atomic E-state index is 0.340. The molecular formula is C31H38N6O. The molecule has 38 heavy (non-hydrogen) atoms. The van der Waals surface area contributed by atoms with E-state index in [1.165, 1.54) is 35.1 Å². The Morgan fingerprint density at radius 2 is 1.76 bits per heavy atom. The number of hydrogen-bond acceptors (Lipinski definition) is 6. The number of hydrogen-bond donors (Lipinski definition) is 1. The van der Waals surface area contributed by atoms with Gasteiger partial charge in [0.1, 0.15) is 29.8 Å². The molecule has 0 bridgehead atoms. The van der Waals surface area contributed by atoms with Crippen molar-refractivity contribution in [3.63, 3.8) is 0 Å². The lowest BCUT2D eigenvalue weighted by Crippen LogP contribution is -2.29. The van der Waals surface area contributed by atoms with Gasteiger partial charge in [-0.15, -0.1) is 0 Å². The molecule has 0 radical (unpaired) electrons. The Labute approximate surface area is 225 Å². The number of aromatic nitrogens is 4. The lowest BCUT2D eigenvalue weighted by atomic mass is 9.98. The Hall–Kier alpha value is -3.45. The maximum Gasteiger partial charge on any atom is 0.144 e. The first-order valence-electron chi connectivity index (χ1n) is 13.9. The number of ether oxygens (including phenoxy) is 1. The predicted octanol–water partition coefficient (Wildman–Crippen LogP) is 6.06. The molecule has 4 heterocycles. The number of rotatable bonds is 5. The van der Waals surface area contributed by atoms with Crippen molar-refractivity contribution in [3.05, 3.63) is 64.4 Å². The summed E-state index contributed by atoms with van der Waals surface area (Å²) < 4.78 is 6.35. The molecule has 6 rings (SSSR count). The summed E-state index contributed by atoms with van der Waals surface area (Å²) in [5.74, 6) is 4.28. The summed E-state index contributed by atoms with van der Waals surface area (Å²) in [6, 6.07) is 11.0. The molecule has 0 atom stereocenters. The van der Waals surface area contributed by atoms with Crippen LogP contribution in [0.1, 0.15) is 66.6 Å². The van der Waals surface area contributed by atoms with Crippen molar-refractivity contribution in [1.29, 1.82) is 0 Å². The van der Waals surface area contributed by atoms with Crippen molar-refractivity contribution >= 4 is 16.9 Å². The first-order valence-corrected chi connectivity index (χ1v) is 13.9. The SMILES string of the molecule is Cc1nc2ccc(-c3cc(C)c4c(c3)CN(c3nc(CN5CCCC5)nc(C)c3C(C)C)CCO4)cc2[nH]1. The van der Waals surface area contributed by atoms with Crippen LogP contribution in [0.5, 0.6) is 5.75 Å². The average molecular weight is 511 g/mol. The largest absolute Gasteiger partial charge is 0.491 e. The summed E-state index contributed by atoms with van der Waals surface area (Å²) in [6.45, 7) is 16.1. The second-order valence-corrected chi connectivity index (χ2v) is 11.2. The number of aromatic amines is 1. The molecule has 0 saturated carbocycles. The fourth-order valence-corrected chi connectivity index (χ4v) is 6.13. The molecule has 0 aliphatic carbocycles. The first kappa shape index (κ1) is 24.9. The molecule has 2 aliphatic rings. The Balaban J connectivity index is 1.38. The van der Waals surface area contributed by atoms with Crippen LogP contribution < -0.4 is 9.64 Å². The summed E-state index contributed by atoms with van der Waals surface area (Å²) >= 11 is 0. The summed E-state index contributed by atoms with van der Waals surface area (Å²) in [5.41, 5.74) is 9.13. The number of fused-ring (bicyclic) bond motifs is 2. The molecule has 4 aromatic rings. The summed E-state index contributed by atoms with van der Waals surface area (Å²) in [5, 5.41) is 0. The summed E-state index contributed by atoms with van der Waals surface area (Å²) in [6.07, 6.45) is 2.54. The van der Waals surface area contributed by atoms with Gasteiger partial charge in [-0.25, -0.2) is 15.0 Å². The minimum Gasteiger partial charge on any atom is -0.491 e. The molecule has 0 spiro atoms. The molecular weight excluding hydrogens is 472 g/mol. The number of anilines is 1. The van der Waals surface area contributed by atoms with Crippen molar-refractivity contribution in [3.8, 4) is 16.9 Å². The van der Waals surface area contributed by atoms with E-state index in [-0.39, 0.29) is 0 Å². The van der Waals surface area contributed by atoms with Crippen molar-refractivity contribution in [2.45, 2.75) is 66.5 Å². The Kier molecular flexibility index (Phi) is 6.56. The number of nitrogens with zero attached hydrogens (tertiary/aromatic N) is 5. The molecule has 1 fully saturated rings. The van der Waals surface area contributed by atoms with Gasteiger partial charge < -0.3 is 14.6 Å². The average Bonchev–Trinajstić information content (AvgIpc) is 3.45. The van der Waals surface area contributed by atoms with E-state index in [4.69, 9.17) is 14.7 Å². The maximum absolute atomic E-state index is 6.35. The van der Waals surface area contributed by atoms with Crippen LogP contribution >= 0.6 is 0 Å². The van der Waals surface area contributed by atoms with Gasteiger partial charge in [-0.05, 0) is 93.6 Å². The van der Waals surface area contributed by atoms with Crippen molar-refractivity contribution in [2.24, 2.45) is 0 Å². The molecule has 0 unspecified atom stereocenters. The van der Waals surface area contributed by atoms with Gasteiger partial charge in [-0.2, -0.15) is 0 Å². The van der Waals surface area contributed by atoms with Crippen molar-refractivity contribution in [2.75, 3.05) is 31.1 Å². The zero-order valence-corrected chi connectivity index (χ0v) is 23.3. The molecule has 7 nitrogen and oxygen atoms in total. The van der Waals surface area contributed by atoms with Crippen LogP contribution in [0.3, 0.4) is 0 Å². The van der Waals surface area contributed by atoms with Gasteiger partial charge in [0, 0.05) is 23.4 Å². The topological polar surface area (TPSA) is 70.2 Å². The third-order valence-corrected chi connectivity index (χ3v) is 7.86. The number of H-pyrrole nitrogens is 1. The lowest BCUT2D eigenvalue weighted by Gasteiger charge is -2.27. The van der Waals surface area contributed by atoms with E-state index in [1.54, 1.807) is 0 Å². The third kappa shape index (κ3) is 4.75. The van der Waals surface area contributed by atoms with Gasteiger partial charge in [0.05, 0.1) is 24.1 Å². The molecule has 2 aromatic carbocycles. The molecule has 198 valence electrons. The van der Waals surface area contributed by atoms with E-state index in [1.807, 2.05) is 6.92 Å². The van der Waals surface area contributed by atoms with Crippen LogP contribution in [-0.4, -0.2) is 51.1 Å². The van der Waals surface area contributed by atoms with Crippen LogP contribution in [-0.2, 0) is 13.1 Å². The minimum absolute atomic E-state index is 0.340. The summed E-state index contributed by atoms with van der Waals surface area (Å²) in [7, 11) is 0. The number of likely N-dealkylation sites (tertiary alicyclic amines) is 1. The predicted molar refractivity (Wildman–Crippen MR) is 153 cm³/mol. The smallest absolute Gasteiger partial charge is 0.144 e. The normalized spacial score (nSPS) is 16.2. The number of nitrogens with one attached hydrogen (secondary N) is 1.